The lowest BCUT2D eigenvalue weighted by Crippen LogP contribution is -1.99. The summed E-state index contributed by atoms with van der Waals surface area (Å²) in [5, 5.41) is 0. The molecule has 3 heteroatoms. The molecular weight excluding hydrogens is 178 g/mol. The lowest BCUT2D eigenvalue weighted by atomic mass is 10.1. The van der Waals surface area contributed by atoms with E-state index in [-0.39, 0.29) is 0 Å². The van der Waals surface area contributed by atoms with Crippen LogP contribution in [0.15, 0.2) is 24.4 Å². The van der Waals surface area contributed by atoms with Crippen LogP contribution in [-0.2, 0) is 4.84 Å². The van der Waals surface area contributed by atoms with E-state index in [9.17, 15) is 0 Å². The summed E-state index contributed by atoms with van der Waals surface area (Å²) < 4.78 is 5.16. The van der Waals surface area contributed by atoms with Crippen molar-refractivity contribution in [1.82, 2.24) is 5.48 Å². The third kappa shape index (κ3) is 2.78. The van der Waals surface area contributed by atoms with Crippen LogP contribution in [0, 0.1) is 6.92 Å². The fourth-order valence-corrected chi connectivity index (χ4v) is 1.20. The number of methoxy groups -OCH3 is 1. The number of aryl methyl sites for hydroxylation is 1. The molecule has 1 aromatic carbocycles. The van der Waals surface area contributed by atoms with E-state index in [0.29, 0.717) is 0 Å². The monoisotopic (exact) mass is 193 g/mol. The van der Waals surface area contributed by atoms with Crippen LogP contribution in [0.25, 0.3) is 6.08 Å². The topological polar surface area (TPSA) is 30.5 Å². The zero-order valence-electron chi connectivity index (χ0n) is 8.70. The van der Waals surface area contributed by atoms with Crippen LogP contribution in [0.2, 0.25) is 0 Å². The Balaban J connectivity index is 2.76. The highest BCUT2D eigenvalue weighted by atomic mass is 16.6. The summed E-state index contributed by atoms with van der Waals surface area (Å²) in [4.78, 5) is 4.68. The number of hydrogen-bond donors (Lipinski definition) is 1. The fourth-order valence-electron chi connectivity index (χ4n) is 1.20. The van der Waals surface area contributed by atoms with Crippen molar-refractivity contribution in [3.05, 3.63) is 35.5 Å². The van der Waals surface area contributed by atoms with Gasteiger partial charge in [0.15, 0.2) is 0 Å². The number of ether oxygens (including phenoxy) is 1. The Bertz CT molecular complexity index is 321. The summed E-state index contributed by atoms with van der Waals surface area (Å²) in [6.07, 6.45) is 3.66. The predicted octanol–water partition coefficient (Wildman–Crippen LogP) is 2.13. The summed E-state index contributed by atoms with van der Waals surface area (Å²) in [5.41, 5.74) is 4.86. The first-order valence-corrected chi connectivity index (χ1v) is 4.37. The van der Waals surface area contributed by atoms with Crippen molar-refractivity contribution in [3.8, 4) is 5.75 Å². The summed E-state index contributed by atoms with van der Waals surface area (Å²) in [6.45, 7) is 2.01. The number of rotatable bonds is 4. The Kier molecular flexibility index (Phi) is 4.01. The minimum Gasteiger partial charge on any atom is -0.496 e. The smallest absolute Gasteiger partial charge is 0.121 e. The molecule has 0 aromatic heterocycles. The molecule has 0 radical (unpaired) electrons. The molecule has 1 N–H and O–H groups in total. The normalized spacial score (nSPS) is 10.5. The van der Waals surface area contributed by atoms with Crippen molar-refractivity contribution in [2.45, 2.75) is 6.92 Å². The molecule has 1 rings (SSSR count). The summed E-state index contributed by atoms with van der Waals surface area (Å²) >= 11 is 0. The summed E-state index contributed by atoms with van der Waals surface area (Å²) in [7, 11) is 3.24. The largest absolute Gasteiger partial charge is 0.496 e. The molecule has 0 spiro atoms. The Morgan fingerprint density at radius 1 is 1.29 bits per heavy atom. The first-order valence-electron chi connectivity index (χ1n) is 4.37. The molecular formula is C11H15NO2. The molecule has 76 valence electrons. The van der Waals surface area contributed by atoms with Crippen molar-refractivity contribution in [1.29, 1.82) is 0 Å². The van der Waals surface area contributed by atoms with Crippen LogP contribution in [0.1, 0.15) is 11.1 Å². The van der Waals surface area contributed by atoms with Gasteiger partial charge >= 0.3 is 0 Å². The quantitative estimate of drug-likeness (QED) is 0.743. The van der Waals surface area contributed by atoms with E-state index in [1.165, 1.54) is 0 Å². The van der Waals surface area contributed by atoms with Crippen LogP contribution in [0.3, 0.4) is 0 Å². The second-order valence-corrected chi connectivity index (χ2v) is 2.88. The highest BCUT2D eigenvalue weighted by molar-refractivity contribution is 5.52. The van der Waals surface area contributed by atoms with Gasteiger partial charge in [-0.05, 0) is 36.3 Å². The molecule has 0 amide bonds. The van der Waals surface area contributed by atoms with Gasteiger partial charge in [-0.25, -0.2) is 0 Å². The van der Waals surface area contributed by atoms with Gasteiger partial charge < -0.3 is 4.74 Å². The average Bonchev–Trinajstić information content (AvgIpc) is 2.18. The molecule has 0 aliphatic rings. The van der Waals surface area contributed by atoms with Gasteiger partial charge in [-0.1, -0.05) is 6.07 Å². The standard InChI is InChI=1S/C11H15NO2/c1-9-8-10(6-7-12-14-3)4-5-11(9)13-2/h4-8,12H,1-3H3/b7-6+. The Hall–Kier alpha value is -1.48. The second kappa shape index (κ2) is 5.29. The van der Waals surface area contributed by atoms with Crippen LogP contribution in [-0.4, -0.2) is 14.2 Å². The van der Waals surface area contributed by atoms with E-state index in [2.05, 4.69) is 10.3 Å². The molecule has 0 saturated heterocycles. The highest BCUT2D eigenvalue weighted by Crippen LogP contribution is 2.18. The fraction of sp³-hybridized carbons (Fsp3) is 0.273. The third-order valence-corrected chi connectivity index (χ3v) is 1.88. The maximum Gasteiger partial charge on any atom is 0.121 e. The molecule has 0 heterocycles. The number of hydroxylamine groups is 1. The summed E-state index contributed by atoms with van der Waals surface area (Å²) in [6, 6.07) is 5.98. The van der Waals surface area contributed by atoms with Gasteiger partial charge in [0.25, 0.3) is 0 Å². The number of benzene rings is 1. The van der Waals surface area contributed by atoms with Crippen molar-refractivity contribution >= 4 is 6.08 Å². The SMILES string of the molecule is CON/C=C/c1ccc(OC)c(C)c1. The lowest BCUT2D eigenvalue weighted by Gasteiger charge is -2.04. The first-order chi connectivity index (χ1) is 6.77. The van der Waals surface area contributed by atoms with Crippen LogP contribution in [0.5, 0.6) is 5.75 Å². The average molecular weight is 193 g/mol. The zero-order valence-corrected chi connectivity index (χ0v) is 8.70. The molecule has 0 unspecified atom stereocenters. The molecule has 0 fully saturated rings. The van der Waals surface area contributed by atoms with Crippen molar-refractivity contribution in [2.75, 3.05) is 14.2 Å². The van der Waals surface area contributed by atoms with Crippen molar-refractivity contribution in [3.63, 3.8) is 0 Å². The van der Waals surface area contributed by atoms with Gasteiger partial charge in [0.05, 0.1) is 14.2 Å². The van der Waals surface area contributed by atoms with E-state index < -0.39 is 0 Å². The Morgan fingerprint density at radius 3 is 2.64 bits per heavy atom. The molecule has 14 heavy (non-hydrogen) atoms. The minimum absolute atomic E-state index is 0.904. The maximum atomic E-state index is 5.16. The highest BCUT2D eigenvalue weighted by Gasteiger charge is 1.96. The van der Waals surface area contributed by atoms with Crippen LogP contribution < -0.4 is 10.2 Å². The molecule has 0 aliphatic heterocycles. The number of hydrogen-bond acceptors (Lipinski definition) is 3. The van der Waals surface area contributed by atoms with Gasteiger partial charge in [-0.3, -0.25) is 10.3 Å². The second-order valence-electron chi connectivity index (χ2n) is 2.88. The molecule has 3 nitrogen and oxygen atoms in total. The van der Waals surface area contributed by atoms with E-state index in [4.69, 9.17) is 4.74 Å². The molecule has 0 atom stereocenters. The van der Waals surface area contributed by atoms with E-state index in [1.54, 1.807) is 20.4 Å². The van der Waals surface area contributed by atoms with Crippen molar-refractivity contribution < 1.29 is 9.57 Å². The Morgan fingerprint density at radius 2 is 2.07 bits per heavy atom. The molecule has 0 saturated carbocycles. The predicted molar refractivity (Wildman–Crippen MR) is 56.9 cm³/mol. The Labute approximate surface area is 84.3 Å². The first kappa shape index (κ1) is 10.6. The van der Waals surface area contributed by atoms with E-state index in [1.807, 2.05) is 31.2 Å². The maximum absolute atomic E-state index is 5.16. The zero-order chi connectivity index (χ0) is 10.4. The molecule has 1 aromatic rings. The van der Waals surface area contributed by atoms with Gasteiger partial charge in [-0.2, -0.15) is 0 Å². The van der Waals surface area contributed by atoms with Gasteiger partial charge in [-0.15, -0.1) is 0 Å². The lowest BCUT2D eigenvalue weighted by molar-refractivity contribution is 0.129. The molecule has 0 aliphatic carbocycles. The van der Waals surface area contributed by atoms with Crippen LogP contribution in [0.4, 0.5) is 0 Å². The number of nitrogens with one attached hydrogen (secondary N) is 1. The third-order valence-electron chi connectivity index (χ3n) is 1.88. The van der Waals surface area contributed by atoms with Crippen LogP contribution >= 0.6 is 0 Å². The van der Waals surface area contributed by atoms with Gasteiger partial charge in [0.2, 0.25) is 0 Å². The van der Waals surface area contributed by atoms with Crippen molar-refractivity contribution in [2.24, 2.45) is 0 Å². The molecule has 0 bridgehead atoms. The summed E-state index contributed by atoms with van der Waals surface area (Å²) in [5.74, 6) is 0.904. The van der Waals surface area contributed by atoms with E-state index in [0.717, 1.165) is 16.9 Å². The van der Waals surface area contributed by atoms with Gasteiger partial charge in [0, 0.05) is 6.20 Å². The minimum atomic E-state index is 0.904. The van der Waals surface area contributed by atoms with E-state index >= 15 is 0 Å². The van der Waals surface area contributed by atoms with Gasteiger partial charge in [0.1, 0.15) is 5.75 Å².